The molecule has 0 radical (unpaired) electrons. The van der Waals surface area contributed by atoms with Crippen molar-refractivity contribution in [1.82, 2.24) is 9.97 Å². The molecule has 0 saturated carbocycles. The van der Waals surface area contributed by atoms with Crippen molar-refractivity contribution in [2.75, 3.05) is 0 Å². The van der Waals surface area contributed by atoms with Crippen molar-refractivity contribution >= 4 is 0 Å². The number of aromatic nitrogens is 2. The van der Waals surface area contributed by atoms with E-state index in [0.29, 0.717) is 0 Å². The first-order chi connectivity index (χ1) is 12.4. The van der Waals surface area contributed by atoms with Crippen LogP contribution in [0.5, 0.6) is 0 Å². The summed E-state index contributed by atoms with van der Waals surface area (Å²) in [6.07, 6.45) is 12.1. The molecular formula is C24H50N2. The van der Waals surface area contributed by atoms with Gasteiger partial charge in [-0.25, -0.2) is 9.97 Å². The summed E-state index contributed by atoms with van der Waals surface area (Å²) in [5, 5.41) is 0. The van der Waals surface area contributed by atoms with Gasteiger partial charge in [0.05, 0.1) is 0 Å². The average Bonchev–Trinajstić information content (AvgIpc) is 2.63. The standard InChI is InChI=1S/C9H14N2.C7H16.C6H14.C2H6/c1-3-4-5-9-6-7-10-8(2)11-9;1-4-6-7(3)5-2;1-4-5-6(2)3;1-2/h6-7H,3-5H2,1-2H3;7H,4-6H2,1-3H3;6H,4-5H2,1-3H3;1-2H3. The molecule has 1 unspecified atom stereocenters. The number of unbranched alkanes of at least 4 members (excludes halogenated alkanes) is 1. The predicted octanol–water partition coefficient (Wildman–Crippen LogP) is 8.43. The molecule has 0 saturated heterocycles. The molecule has 0 bridgehead atoms. The molecule has 0 amide bonds. The van der Waals surface area contributed by atoms with Crippen LogP contribution in [-0.4, -0.2) is 9.97 Å². The Morgan fingerprint density at radius 3 is 1.77 bits per heavy atom. The molecule has 0 aliphatic heterocycles. The highest BCUT2D eigenvalue weighted by Gasteiger charge is 1.93. The van der Waals surface area contributed by atoms with Crippen LogP contribution >= 0.6 is 0 Å². The molecule has 2 heteroatoms. The summed E-state index contributed by atoms with van der Waals surface area (Å²) in [5.74, 6) is 2.72. The Hall–Kier alpha value is -0.920. The number of nitrogens with zero attached hydrogens (tertiary/aromatic N) is 2. The SMILES string of the molecule is CC.CCCC(C)C.CCCC(C)CC.CCCCc1ccnc(C)n1. The second-order valence-electron chi connectivity index (χ2n) is 7.18. The van der Waals surface area contributed by atoms with Gasteiger partial charge in [-0.3, -0.25) is 0 Å². The van der Waals surface area contributed by atoms with E-state index >= 15 is 0 Å². The first-order valence-electron chi connectivity index (χ1n) is 11.2. The van der Waals surface area contributed by atoms with E-state index < -0.39 is 0 Å². The predicted molar refractivity (Wildman–Crippen MR) is 121 cm³/mol. The Balaban J connectivity index is -0.000000308. The van der Waals surface area contributed by atoms with Gasteiger partial charge in [-0.05, 0) is 37.7 Å². The second-order valence-corrected chi connectivity index (χ2v) is 7.18. The van der Waals surface area contributed by atoms with Gasteiger partial charge in [-0.2, -0.15) is 0 Å². The van der Waals surface area contributed by atoms with Crippen LogP contribution in [0.4, 0.5) is 0 Å². The van der Waals surface area contributed by atoms with Crippen LogP contribution in [0.25, 0.3) is 0 Å². The van der Waals surface area contributed by atoms with Gasteiger partial charge >= 0.3 is 0 Å². The molecule has 1 rings (SSSR count). The van der Waals surface area contributed by atoms with Crippen molar-refractivity contribution in [3.63, 3.8) is 0 Å². The van der Waals surface area contributed by atoms with Gasteiger partial charge in [0.15, 0.2) is 0 Å². The molecule has 1 atom stereocenters. The van der Waals surface area contributed by atoms with E-state index in [1.807, 2.05) is 33.0 Å². The number of aryl methyl sites for hydroxylation is 2. The van der Waals surface area contributed by atoms with Gasteiger partial charge in [0, 0.05) is 11.9 Å². The maximum atomic E-state index is 4.30. The summed E-state index contributed by atoms with van der Waals surface area (Å²) >= 11 is 0. The lowest BCUT2D eigenvalue weighted by Gasteiger charge is -2.02. The zero-order valence-electron chi connectivity index (χ0n) is 19.9. The Labute approximate surface area is 166 Å². The molecule has 0 N–H and O–H groups in total. The molecule has 2 nitrogen and oxygen atoms in total. The highest BCUT2D eigenvalue weighted by Crippen LogP contribution is 2.07. The van der Waals surface area contributed by atoms with Crippen molar-refractivity contribution in [3.8, 4) is 0 Å². The van der Waals surface area contributed by atoms with E-state index in [9.17, 15) is 0 Å². The van der Waals surface area contributed by atoms with Gasteiger partial charge in [0.1, 0.15) is 5.82 Å². The number of hydrogen-bond donors (Lipinski definition) is 0. The Morgan fingerprint density at radius 2 is 1.46 bits per heavy atom. The molecule has 0 spiro atoms. The number of hydrogen-bond acceptors (Lipinski definition) is 2. The van der Waals surface area contributed by atoms with Crippen LogP contribution < -0.4 is 0 Å². The smallest absolute Gasteiger partial charge is 0.125 e. The summed E-state index contributed by atoms with van der Waals surface area (Å²) in [4.78, 5) is 8.34. The minimum absolute atomic E-state index is 0.874. The molecule has 0 fully saturated rings. The minimum Gasteiger partial charge on any atom is -0.242 e. The molecule has 0 aliphatic rings. The van der Waals surface area contributed by atoms with E-state index in [1.54, 1.807) is 0 Å². The fourth-order valence-corrected chi connectivity index (χ4v) is 2.28. The van der Waals surface area contributed by atoms with E-state index in [2.05, 4.69) is 58.4 Å². The summed E-state index contributed by atoms with van der Waals surface area (Å²) in [7, 11) is 0. The molecule has 1 aromatic rings. The largest absolute Gasteiger partial charge is 0.242 e. The zero-order chi connectivity index (χ0) is 20.8. The summed E-state index contributed by atoms with van der Waals surface area (Å²) in [6, 6.07) is 1.99. The fourth-order valence-electron chi connectivity index (χ4n) is 2.28. The van der Waals surface area contributed by atoms with Crippen molar-refractivity contribution in [2.24, 2.45) is 11.8 Å². The van der Waals surface area contributed by atoms with E-state index in [0.717, 1.165) is 24.1 Å². The molecule has 1 aromatic heterocycles. The van der Waals surface area contributed by atoms with Gasteiger partial charge in [-0.1, -0.05) is 101 Å². The molecule has 0 aliphatic carbocycles. The fraction of sp³-hybridized carbons (Fsp3) is 0.833. The lowest BCUT2D eigenvalue weighted by molar-refractivity contribution is 0.509. The third-order valence-electron chi connectivity index (χ3n) is 3.96. The lowest BCUT2D eigenvalue weighted by atomic mass is 10.0. The van der Waals surface area contributed by atoms with Crippen LogP contribution in [0.2, 0.25) is 0 Å². The Morgan fingerprint density at radius 1 is 0.885 bits per heavy atom. The van der Waals surface area contributed by atoms with Crippen molar-refractivity contribution < 1.29 is 0 Å². The van der Waals surface area contributed by atoms with Crippen LogP contribution in [0, 0.1) is 18.8 Å². The Bertz CT molecular complexity index is 361. The molecule has 156 valence electrons. The zero-order valence-corrected chi connectivity index (χ0v) is 19.9. The third-order valence-corrected chi connectivity index (χ3v) is 3.96. The summed E-state index contributed by atoms with van der Waals surface area (Å²) in [6.45, 7) is 21.6. The second kappa shape index (κ2) is 24.1. The molecule has 0 aromatic carbocycles. The van der Waals surface area contributed by atoms with Gasteiger partial charge < -0.3 is 0 Å². The molecule has 26 heavy (non-hydrogen) atoms. The quantitative estimate of drug-likeness (QED) is 0.461. The maximum absolute atomic E-state index is 4.30. The summed E-state index contributed by atoms with van der Waals surface area (Å²) < 4.78 is 0. The van der Waals surface area contributed by atoms with Crippen LogP contribution in [0.3, 0.4) is 0 Å². The maximum Gasteiger partial charge on any atom is 0.125 e. The first-order valence-corrected chi connectivity index (χ1v) is 11.2. The minimum atomic E-state index is 0.874. The first kappa shape index (κ1) is 29.8. The summed E-state index contributed by atoms with van der Waals surface area (Å²) in [5.41, 5.74) is 1.17. The molecule has 1 heterocycles. The van der Waals surface area contributed by atoms with Crippen LogP contribution in [-0.2, 0) is 6.42 Å². The lowest BCUT2D eigenvalue weighted by Crippen LogP contribution is -1.93. The highest BCUT2D eigenvalue weighted by atomic mass is 14.9. The van der Waals surface area contributed by atoms with Gasteiger partial charge in [0.25, 0.3) is 0 Å². The van der Waals surface area contributed by atoms with Crippen molar-refractivity contribution in [2.45, 2.75) is 121 Å². The van der Waals surface area contributed by atoms with Gasteiger partial charge in [0.2, 0.25) is 0 Å². The topological polar surface area (TPSA) is 25.8 Å². The van der Waals surface area contributed by atoms with E-state index in [1.165, 1.54) is 50.6 Å². The monoisotopic (exact) mass is 366 g/mol. The van der Waals surface area contributed by atoms with E-state index in [4.69, 9.17) is 0 Å². The average molecular weight is 367 g/mol. The number of rotatable bonds is 8. The van der Waals surface area contributed by atoms with Crippen molar-refractivity contribution in [3.05, 3.63) is 23.8 Å². The van der Waals surface area contributed by atoms with Crippen molar-refractivity contribution in [1.29, 1.82) is 0 Å². The normalized spacial score (nSPS) is 10.6. The van der Waals surface area contributed by atoms with E-state index in [-0.39, 0.29) is 0 Å². The van der Waals surface area contributed by atoms with Crippen LogP contribution in [0.1, 0.15) is 119 Å². The van der Waals surface area contributed by atoms with Crippen LogP contribution in [0.15, 0.2) is 12.3 Å². The third kappa shape index (κ3) is 25.3. The Kier molecular flexibility index (Phi) is 27.6. The van der Waals surface area contributed by atoms with Gasteiger partial charge in [-0.15, -0.1) is 0 Å². The molecular weight excluding hydrogens is 316 g/mol. The highest BCUT2D eigenvalue weighted by molar-refractivity contribution is 5.01.